The average molecular weight is 1140 g/mol. The zero-order valence-corrected chi connectivity index (χ0v) is 40.3. The molecule has 338 valence electrons. The van der Waals surface area contributed by atoms with E-state index < -0.39 is 154 Å². The summed E-state index contributed by atoms with van der Waals surface area (Å²) in [7, 11) is -54.4. The van der Waals surface area contributed by atoms with Gasteiger partial charge in [0.1, 0.15) is 29.4 Å². The van der Waals surface area contributed by atoms with Gasteiger partial charge in [-0.25, -0.2) is 9.97 Å². The Balaban J connectivity index is 0.00000748. The van der Waals surface area contributed by atoms with Gasteiger partial charge in [0.25, 0.3) is 80.9 Å². The first kappa shape index (κ1) is 50.3. The molecule has 10 N–H and O–H groups in total. The van der Waals surface area contributed by atoms with Gasteiger partial charge in [-0.1, -0.05) is 0 Å². The number of aromatic amines is 2. The van der Waals surface area contributed by atoms with E-state index in [4.69, 9.17) is 0 Å². The fourth-order valence-corrected chi connectivity index (χ4v) is 18.7. The summed E-state index contributed by atoms with van der Waals surface area (Å²) < 4.78 is 286. The average Bonchev–Trinajstić information content (AvgIpc) is 3.83. The molecule has 2 aliphatic heterocycles. The van der Waals surface area contributed by atoms with Gasteiger partial charge in [-0.15, -0.1) is 0 Å². The van der Waals surface area contributed by atoms with Gasteiger partial charge in [-0.2, -0.15) is 67.3 Å². The van der Waals surface area contributed by atoms with Crippen molar-refractivity contribution in [2.45, 2.75) is 19.8 Å². The van der Waals surface area contributed by atoms with Gasteiger partial charge in [0.15, 0.2) is 10.00 Å². The molecule has 3 aromatic rings. The van der Waals surface area contributed by atoms with Gasteiger partial charge >= 0.3 is 0 Å². The second-order valence-corrected chi connectivity index (χ2v) is 23.9. The van der Waals surface area contributed by atoms with Gasteiger partial charge in [0, 0.05) is 43.9 Å². The SMILES string of the molecule is O=S(=O)(O)C1=C(S(=O)(=O)O)C(S(=O)(=O)O)C(c2cc3cc4[nH]c(cc5nc(cc6nc(cc2[nH]3)C=C6)C=C5)c(S(=O)(=O)O)c4S(=O)(=O)O)(S(=O)(=O)O)C(S(=O)(=O)O)=C1S(=O)(=O)O.[Cd]. The van der Waals surface area contributed by atoms with Crippen molar-refractivity contribution < 1.29 is 131 Å². The molecule has 2 atom stereocenters. The molecule has 0 amide bonds. The number of hydrogen-bond acceptors (Lipinski definition) is 18. The van der Waals surface area contributed by atoms with Gasteiger partial charge in [0.05, 0.1) is 33.8 Å². The molecule has 28 nitrogen and oxygen atoms in total. The Morgan fingerprint density at radius 2 is 0.873 bits per heavy atom. The van der Waals surface area contributed by atoms with Crippen molar-refractivity contribution in [3.8, 4) is 0 Å². The predicted octanol–water partition coefficient (Wildman–Crippen LogP) is -0.526. The van der Waals surface area contributed by atoms with E-state index in [-0.39, 0.29) is 50.4 Å². The van der Waals surface area contributed by atoms with Crippen molar-refractivity contribution in [3.63, 3.8) is 0 Å². The second kappa shape index (κ2) is 15.4. The fraction of sp³-hybridized carbons (Fsp3) is 0.0769. The first-order chi connectivity index (χ1) is 27.8. The quantitative estimate of drug-likeness (QED) is 0.0655. The maximum absolute atomic E-state index is 13.9. The molecule has 0 saturated carbocycles. The molecule has 0 aromatic carbocycles. The molecule has 37 heteroatoms. The van der Waals surface area contributed by atoms with Gasteiger partial charge < -0.3 is 9.97 Å². The summed E-state index contributed by atoms with van der Waals surface area (Å²) in [6.07, 6.45) is 4.71. The zero-order chi connectivity index (χ0) is 46.9. The van der Waals surface area contributed by atoms with Gasteiger partial charge in [-0.05, 0) is 54.6 Å². The first-order valence-electron chi connectivity index (χ1n) is 15.2. The number of nitrogens with zero attached hydrogens (tertiary/aromatic N) is 2. The molecular formula is C26H20CdN4O24S8. The Bertz CT molecular complexity index is 3850. The normalized spacial score (nSPS) is 19.3. The molecule has 8 bridgehead atoms. The number of hydrogen-bond donors (Lipinski definition) is 10. The van der Waals surface area contributed by atoms with Crippen LogP contribution in [-0.2, 0) is 113 Å². The van der Waals surface area contributed by atoms with E-state index in [9.17, 15) is 104 Å². The van der Waals surface area contributed by atoms with Crippen LogP contribution in [0.3, 0.4) is 0 Å². The number of aromatic nitrogens is 4. The largest absolute Gasteiger partial charge is 0.355 e. The van der Waals surface area contributed by atoms with Crippen molar-refractivity contribution in [1.82, 2.24) is 19.9 Å². The Morgan fingerprint density at radius 1 is 0.460 bits per heavy atom. The van der Waals surface area contributed by atoms with E-state index in [1.165, 1.54) is 24.3 Å². The van der Waals surface area contributed by atoms with Crippen LogP contribution in [0.5, 0.6) is 0 Å². The van der Waals surface area contributed by atoms with E-state index in [2.05, 4.69) is 19.9 Å². The van der Waals surface area contributed by atoms with Gasteiger partial charge in [-0.3, -0.25) is 36.4 Å². The smallest absolute Gasteiger partial charge is 0.298 e. The molecule has 3 aromatic heterocycles. The van der Waals surface area contributed by atoms with Crippen LogP contribution in [-0.4, -0.2) is 129 Å². The van der Waals surface area contributed by atoms with E-state index in [1.54, 1.807) is 0 Å². The third-order valence-electron chi connectivity index (χ3n) is 8.63. The maximum atomic E-state index is 13.9. The van der Waals surface area contributed by atoms with Crippen molar-refractivity contribution in [2.24, 2.45) is 0 Å². The minimum atomic E-state index is -7.36. The summed E-state index contributed by atoms with van der Waals surface area (Å²) in [6, 6.07) is 2.81. The summed E-state index contributed by atoms with van der Waals surface area (Å²) in [5, 5.41) is -4.70. The van der Waals surface area contributed by atoms with E-state index in [0.29, 0.717) is 12.1 Å². The maximum Gasteiger partial charge on any atom is 0.298 e. The predicted molar refractivity (Wildman–Crippen MR) is 207 cm³/mol. The minimum absolute atomic E-state index is 0. The van der Waals surface area contributed by atoms with E-state index >= 15 is 0 Å². The third kappa shape index (κ3) is 8.99. The molecular weight excluding hydrogens is 1120 g/mol. The molecule has 0 fully saturated rings. The fourth-order valence-electron chi connectivity index (χ4n) is 6.77. The number of fused-ring (bicyclic) bond motifs is 8. The molecule has 1 aliphatic carbocycles. The summed E-state index contributed by atoms with van der Waals surface area (Å²) in [5.74, 6) is 0. The van der Waals surface area contributed by atoms with Crippen molar-refractivity contribution >= 4 is 127 Å². The molecule has 0 saturated heterocycles. The van der Waals surface area contributed by atoms with Crippen molar-refractivity contribution in [2.75, 3.05) is 0 Å². The molecule has 0 spiro atoms. The van der Waals surface area contributed by atoms with Crippen LogP contribution >= 0.6 is 0 Å². The molecule has 3 aliphatic rings. The molecule has 6 rings (SSSR count). The first-order valence-corrected chi connectivity index (χ1v) is 26.8. The van der Waals surface area contributed by atoms with Crippen LogP contribution in [0.2, 0.25) is 0 Å². The van der Waals surface area contributed by atoms with Crippen LogP contribution in [0, 0.1) is 0 Å². The van der Waals surface area contributed by atoms with Crippen molar-refractivity contribution in [3.05, 3.63) is 78.3 Å². The molecule has 0 radical (unpaired) electrons. The van der Waals surface area contributed by atoms with Gasteiger partial charge in [0.2, 0.25) is 0 Å². The van der Waals surface area contributed by atoms with Crippen LogP contribution in [0.15, 0.2) is 59.7 Å². The Morgan fingerprint density at radius 3 is 1.24 bits per heavy atom. The third-order valence-corrected chi connectivity index (χ3v) is 18.0. The Hall–Kier alpha value is -3.72. The summed E-state index contributed by atoms with van der Waals surface area (Å²) >= 11 is 0. The standard InChI is InChI=1S/C26H20N4O24S8.Cd/c31-55(32,33)19-17-8-13-4-2-11(28-13)5-10-1-3-12(27-10)7-16-15(6-14(29-16)9-18(30-17)20(19)56(34,35)36)26(62(52,53)54)24(60(46,47)48)22(58(40,41)42)21(57(37,38)39)23(59(43,44)45)25(26)61(49,50)51;/h1-9,24,29-30H,(H,31,32,33)(H,34,35,36)(H,37,38,39)(H,40,41,42)(H,43,44,45)(H,46,47,48)(H,49,50,51)(H,52,53,54);. The van der Waals surface area contributed by atoms with Crippen LogP contribution < -0.4 is 0 Å². The summed E-state index contributed by atoms with van der Waals surface area (Å²) in [6.45, 7) is 0. The monoisotopic (exact) mass is 1140 g/mol. The zero-order valence-electron chi connectivity index (χ0n) is 29.8. The minimum Gasteiger partial charge on any atom is -0.355 e. The van der Waals surface area contributed by atoms with Crippen molar-refractivity contribution in [1.29, 1.82) is 0 Å². The molecule has 5 heterocycles. The van der Waals surface area contributed by atoms with Crippen LogP contribution in [0.4, 0.5) is 0 Å². The number of rotatable bonds is 9. The number of H-pyrrole nitrogens is 2. The van der Waals surface area contributed by atoms with Crippen LogP contribution in [0.1, 0.15) is 28.3 Å². The summed E-state index contributed by atoms with van der Waals surface area (Å²) in [4.78, 5) is -3.78. The second-order valence-electron chi connectivity index (χ2n) is 12.6. The number of nitrogens with one attached hydrogen (secondary N) is 2. The Kier molecular flexibility index (Phi) is 12.3. The molecule has 2 unspecified atom stereocenters. The van der Waals surface area contributed by atoms with Crippen LogP contribution in [0.25, 0.3) is 46.4 Å². The Labute approximate surface area is 373 Å². The topological polar surface area (TPSA) is 492 Å². The van der Waals surface area contributed by atoms with E-state index in [1.807, 2.05) is 0 Å². The molecule has 63 heavy (non-hydrogen) atoms. The summed E-state index contributed by atoms with van der Waals surface area (Å²) in [5.41, 5.74) is -7.16. The van der Waals surface area contributed by atoms with E-state index in [0.717, 1.165) is 12.1 Å².